The summed E-state index contributed by atoms with van der Waals surface area (Å²) in [4.78, 5) is 24.1. The number of rotatable bonds is 9. The lowest BCUT2D eigenvalue weighted by atomic mass is 10.1. The van der Waals surface area contributed by atoms with E-state index in [2.05, 4.69) is 10.6 Å². The van der Waals surface area contributed by atoms with Crippen molar-refractivity contribution in [3.05, 3.63) is 47.5 Å². The van der Waals surface area contributed by atoms with Crippen LogP contribution >= 0.6 is 0 Å². The maximum Gasteiger partial charge on any atom is 0.251 e. The largest absolute Gasteiger partial charge is 0.493 e. The van der Waals surface area contributed by atoms with Crippen molar-refractivity contribution in [2.45, 2.75) is 19.8 Å². The molecule has 2 N–H and O–H groups in total. The molecule has 0 saturated heterocycles. The van der Waals surface area contributed by atoms with Crippen molar-refractivity contribution >= 4 is 17.5 Å². The molecular weight excluding hydrogens is 360 g/mol. The van der Waals surface area contributed by atoms with Gasteiger partial charge in [0.15, 0.2) is 11.5 Å². The average Bonchev–Trinajstić information content (AvgIpc) is 2.71. The van der Waals surface area contributed by atoms with E-state index in [0.29, 0.717) is 41.5 Å². The monoisotopic (exact) mass is 386 g/mol. The molecule has 0 atom stereocenters. The fourth-order valence-corrected chi connectivity index (χ4v) is 2.80. The van der Waals surface area contributed by atoms with Crippen molar-refractivity contribution in [2.75, 3.05) is 33.2 Å². The minimum atomic E-state index is -0.138. The molecule has 7 nitrogen and oxygen atoms in total. The minimum absolute atomic E-state index is 0.136. The summed E-state index contributed by atoms with van der Waals surface area (Å²) in [6.07, 6.45) is 0.746. The van der Waals surface area contributed by atoms with E-state index >= 15 is 0 Å². The van der Waals surface area contributed by atoms with E-state index in [9.17, 15) is 9.59 Å². The lowest BCUT2D eigenvalue weighted by Gasteiger charge is -2.15. The number of hydrogen-bond acceptors (Lipinski definition) is 5. The summed E-state index contributed by atoms with van der Waals surface area (Å²) in [6, 6.07) is 10.4. The standard InChI is InChI=1S/C21H26N2O5/c1-5-22-21(25)15-6-10-16(11-7-15)23-18(24)13-9-14-8-12-17(26-2)20(28-4)19(14)27-3/h6-8,10-12H,5,9,13H2,1-4H3,(H,22,25)(H,23,24). The maximum absolute atomic E-state index is 12.3. The van der Waals surface area contributed by atoms with Gasteiger partial charge in [0.25, 0.3) is 5.91 Å². The SMILES string of the molecule is CCNC(=O)c1ccc(NC(=O)CCc2ccc(OC)c(OC)c2OC)cc1. The lowest BCUT2D eigenvalue weighted by molar-refractivity contribution is -0.116. The number of ether oxygens (including phenoxy) is 3. The van der Waals surface area contributed by atoms with Crippen molar-refractivity contribution in [2.24, 2.45) is 0 Å². The van der Waals surface area contributed by atoms with Gasteiger partial charge in [0.2, 0.25) is 11.7 Å². The summed E-state index contributed by atoms with van der Waals surface area (Å²) >= 11 is 0. The van der Waals surface area contributed by atoms with E-state index in [1.165, 1.54) is 0 Å². The molecule has 0 aliphatic rings. The molecule has 0 spiro atoms. The Labute approximate surface area is 165 Å². The lowest BCUT2D eigenvalue weighted by Crippen LogP contribution is -2.22. The summed E-state index contributed by atoms with van der Waals surface area (Å²) in [5, 5.41) is 5.56. The smallest absolute Gasteiger partial charge is 0.251 e. The van der Waals surface area contributed by atoms with Crippen LogP contribution in [0, 0.1) is 0 Å². The van der Waals surface area contributed by atoms with Crippen LogP contribution in [0.3, 0.4) is 0 Å². The third-order valence-electron chi connectivity index (χ3n) is 4.18. The topological polar surface area (TPSA) is 85.9 Å². The highest BCUT2D eigenvalue weighted by atomic mass is 16.5. The van der Waals surface area contributed by atoms with Gasteiger partial charge in [0.05, 0.1) is 21.3 Å². The molecule has 2 aromatic rings. The highest BCUT2D eigenvalue weighted by molar-refractivity contribution is 5.95. The number of methoxy groups -OCH3 is 3. The van der Waals surface area contributed by atoms with Crippen molar-refractivity contribution in [1.82, 2.24) is 5.32 Å². The van der Waals surface area contributed by atoms with Crippen molar-refractivity contribution < 1.29 is 23.8 Å². The Morgan fingerprint density at radius 1 is 0.893 bits per heavy atom. The Kier molecular flexibility index (Phi) is 7.68. The molecule has 0 bridgehead atoms. The summed E-state index contributed by atoms with van der Waals surface area (Å²) in [5.74, 6) is 1.35. The van der Waals surface area contributed by atoms with Crippen LogP contribution < -0.4 is 24.8 Å². The third-order valence-corrected chi connectivity index (χ3v) is 4.18. The van der Waals surface area contributed by atoms with Gasteiger partial charge in [-0.3, -0.25) is 9.59 Å². The molecule has 0 radical (unpaired) electrons. The van der Waals surface area contributed by atoms with Crippen LogP contribution in [-0.2, 0) is 11.2 Å². The summed E-state index contributed by atoms with van der Waals surface area (Å²) in [7, 11) is 4.65. The van der Waals surface area contributed by atoms with E-state index < -0.39 is 0 Å². The van der Waals surface area contributed by atoms with Crippen LogP contribution in [0.25, 0.3) is 0 Å². The summed E-state index contributed by atoms with van der Waals surface area (Å²) < 4.78 is 16.1. The number of nitrogens with one attached hydrogen (secondary N) is 2. The molecule has 28 heavy (non-hydrogen) atoms. The van der Waals surface area contributed by atoms with Crippen LogP contribution in [0.15, 0.2) is 36.4 Å². The van der Waals surface area contributed by atoms with E-state index in [-0.39, 0.29) is 18.2 Å². The highest BCUT2D eigenvalue weighted by Gasteiger charge is 2.16. The van der Waals surface area contributed by atoms with Crippen molar-refractivity contribution in [1.29, 1.82) is 0 Å². The fourth-order valence-electron chi connectivity index (χ4n) is 2.80. The fraction of sp³-hybridized carbons (Fsp3) is 0.333. The van der Waals surface area contributed by atoms with E-state index in [1.54, 1.807) is 51.7 Å². The Bertz CT molecular complexity index is 818. The molecule has 0 saturated carbocycles. The molecule has 0 heterocycles. The normalized spacial score (nSPS) is 10.1. The van der Waals surface area contributed by atoms with Gasteiger partial charge in [-0.2, -0.15) is 0 Å². The molecule has 2 rings (SSSR count). The van der Waals surface area contributed by atoms with Crippen molar-refractivity contribution in [3.8, 4) is 17.2 Å². The van der Waals surface area contributed by atoms with Crippen LogP contribution in [0.5, 0.6) is 17.2 Å². The van der Waals surface area contributed by atoms with Gasteiger partial charge < -0.3 is 24.8 Å². The zero-order chi connectivity index (χ0) is 20.5. The predicted molar refractivity (Wildman–Crippen MR) is 107 cm³/mol. The number of carbonyl (C=O) groups excluding carboxylic acids is 2. The zero-order valence-corrected chi connectivity index (χ0v) is 16.6. The Hall–Kier alpha value is -3.22. The van der Waals surface area contributed by atoms with Crippen LogP contribution in [0.1, 0.15) is 29.3 Å². The van der Waals surface area contributed by atoms with Gasteiger partial charge >= 0.3 is 0 Å². The molecule has 2 amide bonds. The van der Waals surface area contributed by atoms with E-state index in [1.807, 2.05) is 13.0 Å². The van der Waals surface area contributed by atoms with Crippen LogP contribution in [0.2, 0.25) is 0 Å². The summed E-state index contributed by atoms with van der Waals surface area (Å²) in [5.41, 5.74) is 2.04. The number of hydrogen-bond donors (Lipinski definition) is 2. The molecule has 0 unspecified atom stereocenters. The van der Waals surface area contributed by atoms with Gasteiger partial charge in [-0.25, -0.2) is 0 Å². The van der Waals surface area contributed by atoms with Gasteiger partial charge in [-0.1, -0.05) is 6.07 Å². The number of aryl methyl sites for hydroxylation is 1. The first-order chi connectivity index (χ1) is 13.5. The number of carbonyl (C=O) groups is 2. The molecule has 0 fully saturated rings. The van der Waals surface area contributed by atoms with Crippen molar-refractivity contribution in [3.63, 3.8) is 0 Å². The second-order valence-electron chi connectivity index (χ2n) is 5.98. The molecule has 0 aromatic heterocycles. The average molecular weight is 386 g/mol. The zero-order valence-electron chi connectivity index (χ0n) is 16.6. The molecule has 2 aromatic carbocycles. The molecule has 7 heteroatoms. The first-order valence-corrected chi connectivity index (χ1v) is 9.00. The Morgan fingerprint density at radius 3 is 2.14 bits per heavy atom. The first-order valence-electron chi connectivity index (χ1n) is 9.00. The summed E-state index contributed by atoms with van der Waals surface area (Å²) in [6.45, 7) is 2.43. The van der Waals surface area contributed by atoms with Crippen LogP contribution in [-0.4, -0.2) is 39.7 Å². The van der Waals surface area contributed by atoms with Gasteiger partial charge in [0.1, 0.15) is 0 Å². The number of amides is 2. The first kappa shape index (κ1) is 21.1. The molecular formula is C21H26N2O5. The number of anilines is 1. The third kappa shape index (κ3) is 5.16. The molecule has 0 aliphatic carbocycles. The minimum Gasteiger partial charge on any atom is -0.493 e. The maximum atomic E-state index is 12.3. The Morgan fingerprint density at radius 2 is 1.57 bits per heavy atom. The van der Waals surface area contributed by atoms with Gasteiger partial charge in [0, 0.05) is 24.2 Å². The second-order valence-corrected chi connectivity index (χ2v) is 5.98. The molecule has 0 aliphatic heterocycles. The molecule has 150 valence electrons. The van der Waals surface area contributed by atoms with Crippen LogP contribution in [0.4, 0.5) is 5.69 Å². The second kappa shape index (κ2) is 10.2. The Balaban J connectivity index is 2.00. The quantitative estimate of drug-likeness (QED) is 0.692. The van der Waals surface area contributed by atoms with E-state index in [4.69, 9.17) is 14.2 Å². The van der Waals surface area contributed by atoms with Gasteiger partial charge in [-0.05, 0) is 49.2 Å². The highest BCUT2D eigenvalue weighted by Crippen LogP contribution is 2.40. The number of benzene rings is 2. The van der Waals surface area contributed by atoms with Gasteiger partial charge in [-0.15, -0.1) is 0 Å². The predicted octanol–water partition coefficient (Wildman–Crippen LogP) is 3.03. The van der Waals surface area contributed by atoms with E-state index in [0.717, 1.165) is 5.56 Å².